The van der Waals surface area contributed by atoms with E-state index in [9.17, 15) is 19.7 Å². The smallest absolute Gasteiger partial charge is 0.329 e. The minimum atomic E-state index is -1.08. The highest BCUT2D eigenvalue weighted by atomic mass is 16.6. The molecule has 114 valence electrons. The van der Waals surface area contributed by atoms with E-state index in [4.69, 9.17) is 9.84 Å². The Kier molecular flexibility index (Phi) is 6.08. The molecule has 1 aromatic carbocycles. The van der Waals surface area contributed by atoms with Crippen LogP contribution >= 0.6 is 0 Å². The summed E-state index contributed by atoms with van der Waals surface area (Å²) in [5.41, 5.74) is 0.827. The molecule has 0 saturated carbocycles. The average molecular weight is 297 g/mol. The third-order valence-electron chi connectivity index (χ3n) is 2.41. The molecule has 1 aromatic rings. The Hall–Kier alpha value is -2.68. The van der Waals surface area contributed by atoms with Crippen molar-refractivity contribution in [3.63, 3.8) is 0 Å². The lowest BCUT2D eigenvalue weighted by molar-refractivity contribution is -0.385. The molecule has 9 nitrogen and oxygen atoms in total. The second-order valence-electron chi connectivity index (χ2n) is 4.09. The minimum absolute atomic E-state index is 0.0250. The zero-order valence-electron chi connectivity index (χ0n) is 11.3. The quantitative estimate of drug-likeness (QED) is 0.393. The molecule has 2 amide bonds. The van der Waals surface area contributed by atoms with E-state index in [1.807, 2.05) is 0 Å². The normalized spacial score (nSPS) is 9.95. The van der Waals surface area contributed by atoms with Crippen LogP contribution in [-0.2, 0) is 9.53 Å². The van der Waals surface area contributed by atoms with E-state index in [1.165, 1.54) is 18.2 Å². The van der Waals surface area contributed by atoms with Crippen molar-refractivity contribution >= 4 is 23.4 Å². The molecule has 0 aliphatic heterocycles. The van der Waals surface area contributed by atoms with Gasteiger partial charge in [-0.15, -0.1) is 0 Å². The van der Waals surface area contributed by atoms with Gasteiger partial charge < -0.3 is 20.5 Å². The van der Waals surface area contributed by atoms with Gasteiger partial charge in [-0.1, -0.05) is 0 Å². The summed E-state index contributed by atoms with van der Waals surface area (Å²) >= 11 is 0. The first-order chi connectivity index (χ1) is 9.90. The first-order valence-corrected chi connectivity index (χ1v) is 5.99. The molecule has 0 aliphatic rings. The first kappa shape index (κ1) is 16.4. The van der Waals surface area contributed by atoms with Crippen LogP contribution in [0.3, 0.4) is 0 Å². The van der Waals surface area contributed by atoms with Crippen LogP contribution in [0.4, 0.5) is 16.2 Å². The number of aryl methyl sites for hydroxylation is 1. The molecule has 9 heteroatoms. The van der Waals surface area contributed by atoms with E-state index in [1.54, 1.807) is 6.92 Å². The predicted octanol–water partition coefficient (Wildman–Crippen LogP) is 1.13. The number of nitrogens with zero attached hydrogens (tertiary/aromatic N) is 1. The van der Waals surface area contributed by atoms with Gasteiger partial charge in [-0.05, 0) is 19.1 Å². The molecule has 3 N–H and O–H groups in total. The molecule has 0 spiro atoms. The molecular formula is C12H15N3O6. The summed E-state index contributed by atoms with van der Waals surface area (Å²) in [5.74, 6) is -1.08. The standard InChI is InChI=1S/C12H15N3O6/c1-8-6-9(2-3-10(8)15(19)20)14-12(18)13-4-5-21-7-11(16)17/h2-3,6H,4-5,7H2,1H3,(H,16,17)(H2,13,14,18). The van der Waals surface area contributed by atoms with Crippen LogP contribution in [0, 0.1) is 17.0 Å². The molecule has 0 saturated heterocycles. The zero-order valence-corrected chi connectivity index (χ0v) is 11.3. The lowest BCUT2D eigenvalue weighted by atomic mass is 10.2. The molecule has 0 unspecified atom stereocenters. The number of urea groups is 1. The largest absolute Gasteiger partial charge is 0.480 e. The second kappa shape index (κ2) is 7.80. The van der Waals surface area contributed by atoms with Gasteiger partial charge in [-0.25, -0.2) is 9.59 Å². The number of ether oxygens (including phenoxy) is 1. The minimum Gasteiger partial charge on any atom is -0.480 e. The van der Waals surface area contributed by atoms with Crippen LogP contribution in [0.15, 0.2) is 18.2 Å². The second-order valence-corrected chi connectivity index (χ2v) is 4.09. The molecule has 1 rings (SSSR count). The summed E-state index contributed by atoms with van der Waals surface area (Å²) in [6.07, 6.45) is 0. The van der Waals surface area contributed by atoms with Crippen molar-refractivity contribution in [1.82, 2.24) is 5.32 Å². The fraction of sp³-hybridized carbons (Fsp3) is 0.333. The summed E-state index contributed by atoms with van der Waals surface area (Å²) in [6.45, 7) is 1.36. The van der Waals surface area contributed by atoms with Gasteiger partial charge >= 0.3 is 12.0 Å². The van der Waals surface area contributed by atoms with Gasteiger partial charge in [0, 0.05) is 23.9 Å². The summed E-state index contributed by atoms with van der Waals surface area (Å²) in [6, 6.07) is 3.70. The van der Waals surface area contributed by atoms with Gasteiger partial charge in [0.15, 0.2) is 0 Å². The van der Waals surface area contributed by atoms with Crippen molar-refractivity contribution in [2.45, 2.75) is 6.92 Å². The van der Waals surface area contributed by atoms with Crippen LogP contribution in [0.2, 0.25) is 0 Å². The fourth-order valence-corrected chi connectivity index (χ4v) is 1.51. The van der Waals surface area contributed by atoms with E-state index in [2.05, 4.69) is 10.6 Å². The van der Waals surface area contributed by atoms with E-state index < -0.39 is 23.5 Å². The van der Waals surface area contributed by atoms with Crippen molar-refractivity contribution in [2.24, 2.45) is 0 Å². The third kappa shape index (κ3) is 5.87. The van der Waals surface area contributed by atoms with E-state index >= 15 is 0 Å². The van der Waals surface area contributed by atoms with Gasteiger partial charge in [0.05, 0.1) is 11.5 Å². The third-order valence-corrected chi connectivity index (χ3v) is 2.41. The molecule has 0 bridgehead atoms. The number of hydrogen-bond donors (Lipinski definition) is 3. The Morgan fingerprint density at radius 3 is 2.71 bits per heavy atom. The number of amides is 2. The predicted molar refractivity (Wildman–Crippen MR) is 73.3 cm³/mol. The van der Waals surface area contributed by atoms with E-state index in [0.29, 0.717) is 11.3 Å². The van der Waals surface area contributed by atoms with Crippen molar-refractivity contribution in [1.29, 1.82) is 0 Å². The average Bonchev–Trinajstić information content (AvgIpc) is 2.37. The fourth-order valence-electron chi connectivity index (χ4n) is 1.51. The van der Waals surface area contributed by atoms with Gasteiger partial charge in [0.1, 0.15) is 6.61 Å². The summed E-state index contributed by atoms with van der Waals surface area (Å²) < 4.78 is 4.74. The maximum Gasteiger partial charge on any atom is 0.329 e. The van der Waals surface area contributed by atoms with Gasteiger partial charge in [-0.2, -0.15) is 0 Å². The Bertz CT molecular complexity index is 546. The van der Waals surface area contributed by atoms with Crippen LogP contribution in [0.5, 0.6) is 0 Å². The number of carboxylic acids is 1. The highest BCUT2D eigenvalue weighted by molar-refractivity contribution is 5.89. The highest BCUT2D eigenvalue weighted by Gasteiger charge is 2.11. The number of anilines is 1. The number of carbonyl (C=O) groups excluding carboxylic acids is 1. The van der Waals surface area contributed by atoms with Crippen LogP contribution in [0.1, 0.15) is 5.56 Å². The number of nitro benzene ring substituents is 1. The lowest BCUT2D eigenvalue weighted by Crippen LogP contribution is -2.32. The van der Waals surface area contributed by atoms with Crippen LogP contribution in [-0.4, -0.2) is 41.8 Å². The molecule has 0 atom stereocenters. The topological polar surface area (TPSA) is 131 Å². The van der Waals surface area contributed by atoms with Crippen LogP contribution < -0.4 is 10.6 Å². The molecule has 0 aliphatic carbocycles. The highest BCUT2D eigenvalue weighted by Crippen LogP contribution is 2.21. The monoisotopic (exact) mass is 297 g/mol. The van der Waals surface area contributed by atoms with Crippen molar-refractivity contribution in [3.05, 3.63) is 33.9 Å². The molecule has 0 heterocycles. The first-order valence-electron chi connectivity index (χ1n) is 5.99. The zero-order chi connectivity index (χ0) is 15.8. The number of carbonyl (C=O) groups is 2. The van der Waals surface area contributed by atoms with Crippen molar-refractivity contribution in [3.8, 4) is 0 Å². The molecule has 21 heavy (non-hydrogen) atoms. The SMILES string of the molecule is Cc1cc(NC(=O)NCCOCC(=O)O)ccc1[N+](=O)[O-]. The Morgan fingerprint density at radius 1 is 1.43 bits per heavy atom. The van der Waals surface area contributed by atoms with Crippen molar-refractivity contribution < 1.29 is 24.4 Å². The number of benzene rings is 1. The number of nitrogens with one attached hydrogen (secondary N) is 2. The van der Waals surface area contributed by atoms with Crippen molar-refractivity contribution in [2.75, 3.05) is 25.1 Å². The van der Waals surface area contributed by atoms with Crippen LogP contribution in [0.25, 0.3) is 0 Å². The Balaban J connectivity index is 2.39. The Labute approximate surface area is 120 Å². The molecule has 0 aromatic heterocycles. The molecular weight excluding hydrogens is 282 g/mol. The number of aliphatic carboxylic acids is 1. The number of hydrogen-bond acceptors (Lipinski definition) is 5. The van der Waals surface area contributed by atoms with E-state index in [0.717, 1.165) is 0 Å². The molecule has 0 fully saturated rings. The van der Waals surface area contributed by atoms with Gasteiger partial charge in [-0.3, -0.25) is 10.1 Å². The van der Waals surface area contributed by atoms with E-state index in [-0.39, 0.29) is 18.8 Å². The number of carboxylic acid groups (broad SMARTS) is 1. The lowest BCUT2D eigenvalue weighted by Gasteiger charge is -2.08. The van der Waals surface area contributed by atoms with Gasteiger partial charge in [0.2, 0.25) is 0 Å². The summed E-state index contributed by atoms with van der Waals surface area (Å²) in [4.78, 5) is 31.8. The molecule has 0 radical (unpaired) electrons. The number of nitro groups is 1. The summed E-state index contributed by atoms with van der Waals surface area (Å²) in [5, 5.41) is 24.0. The maximum absolute atomic E-state index is 11.5. The Morgan fingerprint density at radius 2 is 2.14 bits per heavy atom. The maximum atomic E-state index is 11.5. The van der Waals surface area contributed by atoms with Gasteiger partial charge in [0.25, 0.3) is 5.69 Å². The number of rotatable bonds is 7. The summed E-state index contributed by atoms with van der Waals surface area (Å²) in [7, 11) is 0.